The van der Waals surface area contributed by atoms with Gasteiger partial charge in [0.1, 0.15) is 0 Å². The first-order chi connectivity index (χ1) is 8.52. The molecule has 0 saturated heterocycles. The first-order valence-electron chi connectivity index (χ1n) is 6.01. The van der Waals surface area contributed by atoms with Gasteiger partial charge in [0, 0.05) is 18.5 Å². The average molecular weight is 272 g/mol. The maximum Gasteiger partial charge on any atom is 0.367 e. The molecule has 0 amide bonds. The van der Waals surface area contributed by atoms with Crippen molar-refractivity contribution in [1.82, 2.24) is 9.88 Å². The molecule has 0 bridgehead atoms. The first-order valence-corrected chi connectivity index (χ1v) is 6.89. The van der Waals surface area contributed by atoms with E-state index in [9.17, 15) is 9.90 Å². The van der Waals surface area contributed by atoms with Crippen molar-refractivity contribution < 1.29 is 14.6 Å². The molecule has 0 aliphatic carbocycles. The van der Waals surface area contributed by atoms with Crippen LogP contribution in [0.3, 0.4) is 0 Å². The van der Waals surface area contributed by atoms with Gasteiger partial charge in [0.15, 0.2) is 0 Å². The molecule has 18 heavy (non-hydrogen) atoms. The summed E-state index contributed by atoms with van der Waals surface area (Å²) in [6, 6.07) is 0. The van der Waals surface area contributed by atoms with Gasteiger partial charge in [-0.15, -0.1) is 11.3 Å². The van der Waals surface area contributed by atoms with E-state index in [1.807, 2.05) is 12.4 Å². The lowest BCUT2D eigenvalue weighted by atomic mass is 10.3. The second-order valence-electron chi connectivity index (χ2n) is 4.24. The van der Waals surface area contributed by atoms with Gasteiger partial charge in [-0.25, -0.2) is 9.78 Å². The van der Waals surface area contributed by atoms with Crippen LogP contribution in [0, 0.1) is 0 Å². The highest BCUT2D eigenvalue weighted by Crippen LogP contribution is 2.12. The zero-order valence-electron chi connectivity index (χ0n) is 11.0. The van der Waals surface area contributed by atoms with Crippen molar-refractivity contribution in [3.8, 4) is 0 Å². The maximum absolute atomic E-state index is 11.4. The number of ether oxygens (including phenoxy) is 1. The summed E-state index contributed by atoms with van der Waals surface area (Å²) in [5.74, 6) is -0.361. The summed E-state index contributed by atoms with van der Waals surface area (Å²) in [5, 5.41) is 11.5. The highest BCUT2D eigenvalue weighted by Gasteiger charge is 2.13. The summed E-state index contributed by atoms with van der Waals surface area (Å²) in [6.07, 6.45) is 0.434. The molecule has 1 rings (SSSR count). The zero-order valence-corrected chi connectivity index (χ0v) is 11.9. The SMILES string of the molecule is CCOC(=O)c1nc(CN(C)CCC(C)O)cs1. The third kappa shape index (κ3) is 5.12. The quantitative estimate of drug-likeness (QED) is 0.763. The number of carbonyl (C=O) groups excluding carboxylic acids is 1. The largest absolute Gasteiger partial charge is 0.461 e. The van der Waals surface area contributed by atoms with Gasteiger partial charge in [0.25, 0.3) is 0 Å². The molecule has 0 aliphatic rings. The van der Waals surface area contributed by atoms with Crippen LogP contribution in [0.15, 0.2) is 5.38 Å². The van der Waals surface area contributed by atoms with Crippen LogP contribution in [0.25, 0.3) is 0 Å². The van der Waals surface area contributed by atoms with E-state index in [0.717, 1.165) is 18.7 Å². The Balaban J connectivity index is 2.45. The molecule has 0 saturated carbocycles. The minimum atomic E-state index is -0.361. The first kappa shape index (κ1) is 15.1. The Labute approximate surface area is 111 Å². The molecule has 1 atom stereocenters. The van der Waals surface area contributed by atoms with E-state index in [0.29, 0.717) is 18.2 Å². The average Bonchev–Trinajstić information content (AvgIpc) is 2.75. The fourth-order valence-electron chi connectivity index (χ4n) is 1.43. The van der Waals surface area contributed by atoms with Crippen molar-refractivity contribution in [3.63, 3.8) is 0 Å². The summed E-state index contributed by atoms with van der Waals surface area (Å²) in [4.78, 5) is 17.7. The Kier molecular flexibility index (Phi) is 6.24. The predicted molar refractivity (Wildman–Crippen MR) is 70.7 cm³/mol. The highest BCUT2D eigenvalue weighted by molar-refractivity contribution is 7.11. The summed E-state index contributed by atoms with van der Waals surface area (Å²) in [6.45, 7) is 5.38. The molecule has 0 spiro atoms. The molecule has 0 aromatic carbocycles. The molecule has 1 N–H and O–H groups in total. The van der Waals surface area contributed by atoms with Crippen molar-refractivity contribution >= 4 is 17.3 Å². The zero-order chi connectivity index (χ0) is 13.5. The fraction of sp³-hybridized carbons (Fsp3) is 0.667. The molecular formula is C12H20N2O3S. The van der Waals surface area contributed by atoms with Crippen LogP contribution in [0.4, 0.5) is 0 Å². The number of hydrogen-bond donors (Lipinski definition) is 1. The lowest BCUT2D eigenvalue weighted by molar-refractivity contribution is 0.0525. The number of aliphatic hydroxyl groups excluding tert-OH is 1. The monoisotopic (exact) mass is 272 g/mol. The summed E-state index contributed by atoms with van der Waals surface area (Å²) in [7, 11) is 1.96. The van der Waals surface area contributed by atoms with Gasteiger partial charge >= 0.3 is 5.97 Å². The van der Waals surface area contributed by atoms with Crippen molar-refractivity contribution in [2.45, 2.75) is 32.9 Å². The van der Waals surface area contributed by atoms with Gasteiger partial charge in [-0.2, -0.15) is 0 Å². The minimum absolute atomic E-state index is 0.294. The van der Waals surface area contributed by atoms with E-state index >= 15 is 0 Å². The molecule has 102 valence electrons. The number of rotatable bonds is 7. The Bertz CT molecular complexity index is 379. The van der Waals surface area contributed by atoms with Gasteiger partial charge in [-0.1, -0.05) is 0 Å². The lowest BCUT2D eigenvalue weighted by Crippen LogP contribution is -2.22. The van der Waals surface area contributed by atoms with Crippen LogP contribution in [0.1, 0.15) is 35.8 Å². The molecule has 5 nitrogen and oxygen atoms in total. The summed E-state index contributed by atoms with van der Waals surface area (Å²) >= 11 is 1.30. The molecule has 1 aromatic heterocycles. The van der Waals surface area contributed by atoms with Crippen LogP contribution in [-0.2, 0) is 11.3 Å². The fourth-order valence-corrected chi connectivity index (χ4v) is 2.13. The molecule has 1 heterocycles. The van der Waals surface area contributed by atoms with E-state index in [1.165, 1.54) is 11.3 Å². The van der Waals surface area contributed by atoms with E-state index in [-0.39, 0.29) is 12.1 Å². The van der Waals surface area contributed by atoms with Gasteiger partial charge in [-0.3, -0.25) is 0 Å². The van der Waals surface area contributed by atoms with Gasteiger partial charge < -0.3 is 14.7 Å². The van der Waals surface area contributed by atoms with Gasteiger partial charge in [0.2, 0.25) is 5.01 Å². The normalized spacial score (nSPS) is 12.7. The van der Waals surface area contributed by atoms with Crippen LogP contribution in [-0.4, -0.2) is 47.3 Å². The second-order valence-corrected chi connectivity index (χ2v) is 5.10. The number of hydrogen-bond acceptors (Lipinski definition) is 6. The number of carbonyl (C=O) groups is 1. The van der Waals surface area contributed by atoms with E-state index in [4.69, 9.17) is 4.74 Å². The van der Waals surface area contributed by atoms with Crippen molar-refractivity contribution in [2.24, 2.45) is 0 Å². The number of nitrogens with zero attached hydrogens (tertiary/aromatic N) is 2. The van der Waals surface area contributed by atoms with Crippen molar-refractivity contribution in [1.29, 1.82) is 0 Å². The predicted octanol–water partition coefficient (Wildman–Crippen LogP) is 1.52. The Morgan fingerprint density at radius 2 is 2.39 bits per heavy atom. The van der Waals surface area contributed by atoms with Crippen LogP contribution in [0.5, 0.6) is 0 Å². The van der Waals surface area contributed by atoms with E-state index in [1.54, 1.807) is 13.8 Å². The Morgan fingerprint density at radius 3 is 3.00 bits per heavy atom. The third-order valence-electron chi connectivity index (χ3n) is 2.36. The molecule has 1 unspecified atom stereocenters. The third-order valence-corrected chi connectivity index (χ3v) is 3.23. The molecule has 0 aliphatic heterocycles. The van der Waals surface area contributed by atoms with Crippen LogP contribution in [0.2, 0.25) is 0 Å². The molecular weight excluding hydrogens is 252 g/mol. The van der Waals surface area contributed by atoms with Crippen LogP contribution < -0.4 is 0 Å². The minimum Gasteiger partial charge on any atom is -0.461 e. The molecule has 1 aromatic rings. The van der Waals surface area contributed by atoms with Gasteiger partial charge in [0.05, 0.1) is 18.4 Å². The number of aliphatic hydroxyl groups is 1. The number of aromatic nitrogens is 1. The Morgan fingerprint density at radius 1 is 1.67 bits per heavy atom. The van der Waals surface area contributed by atoms with Crippen molar-refractivity contribution in [3.05, 3.63) is 16.1 Å². The lowest BCUT2D eigenvalue weighted by Gasteiger charge is -2.15. The highest BCUT2D eigenvalue weighted by atomic mass is 32.1. The topological polar surface area (TPSA) is 62.7 Å². The Hall–Kier alpha value is -0.980. The van der Waals surface area contributed by atoms with E-state index in [2.05, 4.69) is 9.88 Å². The molecule has 6 heteroatoms. The second kappa shape index (κ2) is 7.45. The summed E-state index contributed by atoms with van der Waals surface area (Å²) in [5.41, 5.74) is 0.858. The number of thiazole rings is 1. The van der Waals surface area contributed by atoms with Crippen LogP contribution >= 0.6 is 11.3 Å². The number of esters is 1. The standard InChI is InChI=1S/C12H20N2O3S/c1-4-17-12(16)11-13-10(8-18-11)7-14(3)6-5-9(2)15/h8-9,15H,4-7H2,1-3H3. The molecule has 0 fully saturated rings. The summed E-state index contributed by atoms with van der Waals surface area (Å²) < 4.78 is 4.89. The molecule has 0 radical (unpaired) electrons. The smallest absolute Gasteiger partial charge is 0.367 e. The van der Waals surface area contributed by atoms with E-state index < -0.39 is 0 Å². The van der Waals surface area contributed by atoms with Crippen molar-refractivity contribution in [2.75, 3.05) is 20.2 Å². The maximum atomic E-state index is 11.4. The van der Waals surface area contributed by atoms with Gasteiger partial charge in [-0.05, 0) is 27.3 Å².